The summed E-state index contributed by atoms with van der Waals surface area (Å²) in [4.78, 5) is 11.7. The van der Waals surface area contributed by atoms with E-state index in [2.05, 4.69) is 16.6 Å². The first-order chi connectivity index (χ1) is 9.51. The molecular formula is C16H22N2O2. The largest absolute Gasteiger partial charge is 0.481 e. The molecular weight excluding hydrogens is 252 g/mol. The van der Waals surface area contributed by atoms with E-state index in [0.717, 1.165) is 11.3 Å². The van der Waals surface area contributed by atoms with Crippen molar-refractivity contribution < 1.29 is 9.53 Å². The fraction of sp³-hybridized carbons (Fsp3) is 0.438. The molecule has 1 aromatic rings. The third kappa shape index (κ3) is 4.60. The molecule has 0 aliphatic carbocycles. The molecule has 0 aromatic heterocycles. The smallest absolute Gasteiger partial charge is 0.226 e. The summed E-state index contributed by atoms with van der Waals surface area (Å²) in [6.07, 6.45) is 5.20. The lowest BCUT2D eigenvalue weighted by molar-refractivity contribution is -0.128. The van der Waals surface area contributed by atoms with Gasteiger partial charge < -0.3 is 15.4 Å². The van der Waals surface area contributed by atoms with Gasteiger partial charge in [-0.1, -0.05) is 24.1 Å². The highest BCUT2D eigenvalue weighted by atomic mass is 16.5. The number of ether oxygens (including phenoxy) is 1. The molecule has 0 saturated heterocycles. The molecule has 0 bridgehead atoms. The first-order valence-electron chi connectivity index (χ1n) is 6.58. The molecule has 20 heavy (non-hydrogen) atoms. The van der Waals surface area contributed by atoms with Crippen LogP contribution in [0.4, 0.5) is 0 Å². The standard InChI is InChI=1S/C16H22N2O2/c1-5-10-20-14-9-7-6-8-13(14)11-18-12-16(2,3)15(19)17-4/h1,6-9,18H,10-12H2,2-4H3,(H,17,19). The Hall–Kier alpha value is -1.99. The monoisotopic (exact) mass is 274 g/mol. The van der Waals surface area contributed by atoms with Crippen molar-refractivity contribution in [3.63, 3.8) is 0 Å². The van der Waals surface area contributed by atoms with Crippen LogP contribution < -0.4 is 15.4 Å². The molecule has 4 heteroatoms. The highest BCUT2D eigenvalue weighted by molar-refractivity contribution is 5.81. The van der Waals surface area contributed by atoms with E-state index in [-0.39, 0.29) is 12.5 Å². The molecule has 0 fully saturated rings. The summed E-state index contributed by atoms with van der Waals surface area (Å²) in [5.41, 5.74) is 0.569. The Morgan fingerprint density at radius 3 is 2.75 bits per heavy atom. The topological polar surface area (TPSA) is 50.4 Å². The van der Waals surface area contributed by atoms with Gasteiger partial charge in [-0.3, -0.25) is 4.79 Å². The van der Waals surface area contributed by atoms with Gasteiger partial charge in [0.2, 0.25) is 5.91 Å². The van der Waals surface area contributed by atoms with Gasteiger partial charge in [-0.05, 0) is 19.9 Å². The number of nitrogens with one attached hydrogen (secondary N) is 2. The normalized spacial score (nSPS) is 10.7. The predicted molar refractivity (Wildman–Crippen MR) is 80.3 cm³/mol. The van der Waals surface area contributed by atoms with E-state index in [0.29, 0.717) is 13.1 Å². The Morgan fingerprint density at radius 2 is 2.10 bits per heavy atom. The van der Waals surface area contributed by atoms with Gasteiger partial charge in [-0.15, -0.1) is 6.42 Å². The van der Waals surface area contributed by atoms with Crippen molar-refractivity contribution in [2.45, 2.75) is 20.4 Å². The number of para-hydroxylation sites is 1. The van der Waals surface area contributed by atoms with E-state index >= 15 is 0 Å². The fourth-order valence-corrected chi connectivity index (χ4v) is 1.84. The molecule has 0 atom stereocenters. The maximum absolute atomic E-state index is 11.7. The zero-order chi connectivity index (χ0) is 15.0. The second-order valence-corrected chi connectivity index (χ2v) is 5.17. The molecule has 1 amide bonds. The van der Waals surface area contributed by atoms with E-state index in [1.165, 1.54) is 0 Å². The third-order valence-corrected chi connectivity index (χ3v) is 3.01. The Kier molecular flexibility index (Phi) is 6.08. The predicted octanol–water partition coefficient (Wildman–Crippen LogP) is 1.56. The number of amides is 1. The van der Waals surface area contributed by atoms with Crippen LogP contribution in [0.25, 0.3) is 0 Å². The summed E-state index contributed by atoms with van der Waals surface area (Å²) in [5, 5.41) is 5.95. The highest BCUT2D eigenvalue weighted by Crippen LogP contribution is 2.19. The van der Waals surface area contributed by atoms with Crippen molar-refractivity contribution in [1.29, 1.82) is 0 Å². The number of hydrogen-bond acceptors (Lipinski definition) is 3. The Bertz CT molecular complexity index is 489. The SMILES string of the molecule is C#CCOc1ccccc1CNCC(C)(C)C(=O)NC. The van der Waals surface area contributed by atoms with E-state index in [9.17, 15) is 4.79 Å². The number of hydrogen-bond donors (Lipinski definition) is 2. The lowest BCUT2D eigenvalue weighted by Crippen LogP contribution is -2.41. The first kappa shape index (κ1) is 16.1. The van der Waals surface area contributed by atoms with Crippen LogP contribution in [0.1, 0.15) is 19.4 Å². The molecule has 0 aliphatic rings. The number of terminal acetylenes is 1. The quantitative estimate of drug-likeness (QED) is 0.742. The van der Waals surface area contributed by atoms with Gasteiger partial charge in [0.15, 0.2) is 0 Å². The van der Waals surface area contributed by atoms with Gasteiger partial charge in [0.05, 0.1) is 5.41 Å². The lowest BCUT2D eigenvalue weighted by Gasteiger charge is -2.23. The zero-order valence-electron chi connectivity index (χ0n) is 12.3. The third-order valence-electron chi connectivity index (χ3n) is 3.01. The van der Waals surface area contributed by atoms with Gasteiger partial charge in [0, 0.05) is 25.7 Å². The van der Waals surface area contributed by atoms with Crippen LogP contribution in [0.15, 0.2) is 24.3 Å². The molecule has 1 rings (SSSR count). The van der Waals surface area contributed by atoms with Crippen LogP contribution in [-0.2, 0) is 11.3 Å². The Balaban J connectivity index is 2.58. The molecule has 4 nitrogen and oxygen atoms in total. The molecule has 0 radical (unpaired) electrons. The van der Waals surface area contributed by atoms with E-state index in [1.807, 2.05) is 38.1 Å². The summed E-state index contributed by atoms with van der Waals surface area (Å²) in [6, 6.07) is 7.72. The summed E-state index contributed by atoms with van der Waals surface area (Å²) in [7, 11) is 1.65. The van der Waals surface area contributed by atoms with Crippen LogP contribution in [0.2, 0.25) is 0 Å². The van der Waals surface area contributed by atoms with Crippen LogP contribution in [0, 0.1) is 17.8 Å². The fourth-order valence-electron chi connectivity index (χ4n) is 1.84. The minimum absolute atomic E-state index is 0.0156. The average molecular weight is 274 g/mol. The zero-order valence-corrected chi connectivity index (χ0v) is 12.3. The Labute approximate surface area is 120 Å². The first-order valence-corrected chi connectivity index (χ1v) is 6.58. The van der Waals surface area contributed by atoms with Crippen molar-refractivity contribution in [2.24, 2.45) is 5.41 Å². The number of carbonyl (C=O) groups excluding carboxylic acids is 1. The van der Waals surface area contributed by atoms with Crippen LogP contribution in [-0.4, -0.2) is 26.1 Å². The van der Waals surface area contributed by atoms with Crippen molar-refractivity contribution >= 4 is 5.91 Å². The molecule has 0 aliphatic heterocycles. The summed E-state index contributed by atoms with van der Waals surface area (Å²) < 4.78 is 5.48. The average Bonchev–Trinajstić information content (AvgIpc) is 2.45. The Morgan fingerprint density at radius 1 is 1.40 bits per heavy atom. The summed E-state index contributed by atoms with van der Waals surface area (Å²) in [6.45, 7) is 5.26. The van der Waals surface area contributed by atoms with Crippen molar-refractivity contribution in [2.75, 3.05) is 20.2 Å². The van der Waals surface area contributed by atoms with Gasteiger partial charge in [-0.25, -0.2) is 0 Å². The van der Waals surface area contributed by atoms with Gasteiger partial charge in [-0.2, -0.15) is 0 Å². The number of rotatable bonds is 7. The van der Waals surface area contributed by atoms with E-state index < -0.39 is 5.41 Å². The summed E-state index contributed by atoms with van der Waals surface area (Å²) >= 11 is 0. The molecule has 2 N–H and O–H groups in total. The maximum atomic E-state index is 11.7. The molecule has 1 aromatic carbocycles. The van der Waals surface area contributed by atoms with Gasteiger partial charge in [0.1, 0.15) is 12.4 Å². The maximum Gasteiger partial charge on any atom is 0.226 e. The number of benzene rings is 1. The van der Waals surface area contributed by atoms with E-state index in [1.54, 1.807) is 7.05 Å². The molecule has 0 saturated carbocycles. The van der Waals surface area contributed by atoms with E-state index in [4.69, 9.17) is 11.2 Å². The van der Waals surface area contributed by atoms with Crippen molar-refractivity contribution in [3.8, 4) is 18.1 Å². The van der Waals surface area contributed by atoms with Gasteiger partial charge in [0.25, 0.3) is 0 Å². The van der Waals surface area contributed by atoms with Gasteiger partial charge >= 0.3 is 0 Å². The van der Waals surface area contributed by atoms with Crippen molar-refractivity contribution in [1.82, 2.24) is 10.6 Å². The molecule has 0 heterocycles. The lowest BCUT2D eigenvalue weighted by atomic mass is 9.92. The molecule has 0 unspecified atom stereocenters. The van der Waals surface area contributed by atoms with Crippen LogP contribution in [0.5, 0.6) is 5.75 Å². The second-order valence-electron chi connectivity index (χ2n) is 5.17. The minimum Gasteiger partial charge on any atom is -0.481 e. The molecule has 0 spiro atoms. The molecule has 108 valence electrons. The summed E-state index contributed by atoms with van der Waals surface area (Å²) in [5.74, 6) is 3.24. The van der Waals surface area contributed by atoms with Crippen LogP contribution in [0.3, 0.4) is 0 Å². The van der Waals surface area contributed by atoms with Crippen molar-refractivity contribution in [3.05, 3.63) is 29.8 Å². The number of carbonyl (C=O) groups is 1. The van der Waals surface area contributed by atoms with Crippen LogP contribution >= 0.6 is 0 Å². The second kappa shape index (κ2) is 7.56. The minimum atomic E-state index is -0.455. The highest BCUT2D eigenvalue weighted by Gasteiger charge is 2.25.